The number of hydrogen-bond acceptors (Lipinski definition) is 4. The van der Waals surface area contributed by atoms with Crippen LogP contribution in [0.4, 0.5) is 0 Å². The van der Waals surface area contributed by atoms with Crippen molar-refractivity contribution >= 4 is 5.97 Å². The summed E-state index contributed by atoms with van der Waals surface area (Å²) in [6, 6.07) is 7.49. The van der Waals surface area contributed by atoms with Gasteiger partial charge in [0, 0.05) is 12.1 Å². The monoisotopic (exact) mass is 209 g/mol. The Morgan fingerprint density at radius 1 is 1.40 bits per heavy atom. The minimum absolute atomic E-state index is 0.245. The summed E-state index contributed by atoms with van der Waals surface area (Å²) in [6.07, 6.45) is 0.245. The van der Waals surface area contributed by atoms with Crippen LogP contribution >= 0.6 is 0 Å². The molecule has 0 spiro atoms. The van der Waals surface area contributed by atoms with Crippen LogP contribution in [0.2, 0.25) is 0 Å². The Morgan fingerprint density at radius 3 is 2.80 bits per heavy atom. The number of esters is 1. The van der Waals surface area contributed by atoms with Crippen molar-refractivity contribution in [2.24, 2.45) is 5.73 Å². The van der Waals surface area contributed by atoms with Gasteiger partial charge in [0.25, 0.3) is 0 Å². The molecule has 2 N–H and O–H groups in total. The van der Waals surface area contributed by atoms with Crippen LogP contribution in [0.1, 0.15) is 12.0 Å². The fraction of sp³-hybridized carbons (Fsp3) is 0.364. The fourth-order valence-electron chi connectivity index (χ4n) is 1.16. The van der Waals surface area contributed by atoms with Gasteiger partial charge in [0.1, 0.15) is 5.75 Å². The molecule has 0 aliphatic carbocycles. The van der Waals surface area contributed by atoms with E-state index in [1.54, 1.807) is 0 Å². The van der Waals surface area contributed by atoms with Crippen molar-refractivity contribution in [2.75, 3.05) is 13.7 Å². The van der Waals surface area contributed by atoms with Crippen molar-refractivity contribution in [1.29, 1.82) is 0 Å². The lowest BCUT2D eigenvalue weighted by atomic mass is 10.2. The number of methoxy groups -OCH3 is 1. The zero-order chi connectivity index (χ0) is 11.1. The van der Waals surface area contributed by atoms with Crippen LogP contribution < -0.4 is 10.5 Å². The Bertz CT molecular complexity index is 325. The first kappa shape index (κ1) is 11.5. The zero-order valence-corrected chi connectivity index (χ0v) is 8.73. The Morgan fingerprint density at radius 2 is 2.13 bits per heavy atom. The third-order valence-electron chi connectivity index (χ3n) is 1.98. The van der Waals surface area contributed by atoms with Crippen molar-refractivity contribution in [3.63, 3.8) is 0 Å². The van der Waals surface area contributed by atoms with Crippen molar-refractivity contribution in [3.05, 3.63) is 29.8 Å². The first-order chi connectivity index (χ1) is 7.27. The highest BCUT2D eigenvalue weighted by Crippen LogP contribution is 2.17. The molecule has 0 amide bonds. The summed E-state index contributed by atoms with van der Waals surface area (Å²) in [5.74, 6) is 0.448. The van der Waals surface area contributed by atoms with E-state index in [0.29, 0.717) is 13.2 Å². The van der Waals surface area contributed by atoms with Crippen molar-refractivity contribution in [1.82, 2.24) is 0 Å². The molecular weight excluding hydrogens is 194 g/mol. The van der Waals surface area contributed by atoms with Gasteiger partial charge >= 0.3 is 5.97 Å². The maximum absolute atomic E-state index is 10.8. The third-order valence-corrected chi connectivity index (χ3v) is 1.98. The number of ether oxygens (including phenoxy) is 2. The Balaban J connectivity index is 2.46. The van der Waals surface area contributed by atoms with Crippen molar-refractivity contribution < 1.29 is 14.3 Å². The average Bonchev–Trinajstić information content (AvgIpc) is 2.29. The minimum atomic E-state index is -0.278. The largest absolute Gasteiger partial charge is 0.493 e. The van der Waals surface area contributed by atoms with E-state index >= 15 is 0 Å². The molecule has 0 aromatic heterocycles. The van der Waals surface area contributed by atoms with Crippen molar-refractivity contribution in [3.8, 4) is 5.75 Å². The Hall–Kier alpha value is -1.55. The molecule has 0 fully saturated rings. The minimum Gasteiger partial charge on any atom is -0.493 e. The predicted octanol–water partition coefficient (Wildman–Crippen LogP) is 1.09. The van der Waals surface area contributed by atoms with Crippen LogP contribution in [0.25, 0.3) is 0 Å². The summed E-state index contributed by atoms with van der Waals surface area (Å²) < 4.78 is 9.92. The van der Waals surface area contributed by atoms with Gasteiger partial charge in [-0.05, 0) is 6.07 Å². The smallest absolute Gasteiger partial charge is 0.308 e. The van der Waals surface area contributed by atoms with Gasteiger partial charge in [-0.25, -0.2) is 0 Å². The Labute approximate surface area is 89.0 Å². The first-order valence-corrected chi connectivity index (χ1v) is 4.75. The highest BCUT2D eigenvalue weighted by Gasteiger charge is 2.03. The van der Waals surface area contributed by atoms with Crippen molar-refractivity contribution in [2.45, 2.75) is 13.0 Å². The molecular formula is C11H15NO3. The molecule has 0 bridgehead atoms. The molecule has 0 radical (unpaired) electrons. The summed E-state index contributed by atoms with van der Waals surface area (Å²) in [6.45, 7) is 0.734. The summed E-state index contributed by atoms with van der Waals surface area (Å²) in [5, 5.41) is 0. The number of hydrogen-bond donors (Lipinski definition) is 1. The SMILES string of the molecule is COC(=O)CCOc1ccccc1CN. The molecule has 0 saturated carbocycles. The van der Waals surface area contributed by atoms with Crippen LogP contribution in [0, 0.1) is 0 Å². The van der Waals surface area contributed by atoms with Crippen LogP contribution in [-0.2, 0) is 16.1 Å². The molecule has 4 heteroatoms. The second-order valence-electron chi connectivity index (χ2n) is 2.99. The van der Waals surface area contributed by atoms with Gasteiger partial charge in [-0.3, -0.25) is 4.79 Å². The van der Waals surface area contributed by atoms with E-state index in [-0.39, 0.29) is 12.4 Å². The molecule has 4 nitrogen and oxygen atoms in total. The van der Waals surface area contributed by atoms with Crippen LogP contribution in [0.3, 0.4) is 0 Å². The van der Waals surface area contributed by atoms with Crippen LogP contribution in [0.15, 0.2) is 24.3 Å². The molecule has 82 valence electrons. The second-order valence-corrected chi connectivity index (χ2v) is 2.99. The van der Waals surface area contributed by atoms with E-state index in [1.807, 2.05) is 24.3 Å². The number of rotatable bonds is 5. The number of nitrogens with two attached hydrogens (primary N) is 1. The van der Waals surface area contributed by atoms with E-state index in [4.69, 9.17) is 10.5 Å². The molecule has 0 aliphatic heterocycles. The van der Waals surface area contributed by atoms with Crippen LogP contribution in [-0.4, -0.2) is 19.7 Å². The summed E-state index contributed by atoms with van der Waals surface area (Å²) in [4.78, 5) is 10.8. The first-order valence-electron chi connectivity index (χ1n) is 4.75. The molecule has 0 atom stereocenters. The maximum Gasteiger partial charge on any atom is 0.308 e. The molecule has 0 aliphatic rings. The lowest BCUT2D eigenvalue weighted by Crippen LogP contribution is -2.09. The Kier molecular flexibility index (Phi) is 4.63. The molecule has 15 heavy (non-hydrogen) atoms. The molecule has 1 rings (SSSR count). The average molecular weight is 209 g/mol. The van der Waals surface area contributed by atoms with Gasteiger partial charge in [-0.1, -0.05) is 18.2 Å². The maximum atomic E-state index is 10.8. The standard InChI is InChI=1S/C11H15NO3/c1-14-11(13)6-7-15-10-5-3-2-4-9(10)8-12/h2-5H,6-8,12H2,1H3. The molecule has 0 unspecified atom stereocenters. The van der Waals surface area contributed by atoms with Gasteiger partial charge in [0.15, 0.2) is 0 Å². The van der Waals surface area contributed by atoms with E-state index < -0.39 is 0 Å². The van der Waals surface area contributed by atoms with E-state index in [2.05, 4.69) is 4.74 Å². The van der Waals surface area contributed by atoms with E-state index in [9.17, 15) is 4.79 Å². The topological polar surface area (TPSA) is 61.5 Å². The van der Waals surface area contributed by atoms with Gasteiger partial charge in [-0.2, -0.15) is 0 Å². The zero-order valence-electron chi connectivity index (χ0n) is 8.73. The summed E-state index contributed by atoms with van der Waals surface area (Å²) >= 11 is 0. The number of carbonyl (C=O) groups excluding carboxylic acids is 1. The number of benzene rings is 1. The molecule has 0 heterocycles. The number of carbonyl (C=O) groups is 1. The van der Waals surface area contributed by atoms with E-state index in [1.165, 1.54) is 7.11 Å². The third kappa shape index (κ3) is 3.59. The van der Waals surface area contributed by atoms with Gasteiger partial charge in [-0.15, -0.1) is 0 Å². The van der Waals surface area contributed by atoms with Gasteiger partial charge in [0.05, 0.1) is 20.1 Å². The second kappa shape index (κ2) is 6.03. The summed E-state index contributed by atoms with van der Waals surface area (Å²) in [7, 11) is 1.36. The highest BCUT2D eigenvalue weighted by atomic mass is 16.5. The highest BCUT2D eigenvalue weighted by molar-refractivity contribution is 5.69. The van der Waals surface area contributed by atoms with Gasteiger partial charge in [0.2, 0.25) is 0 Å². The molecule has 0 saturated heterocycles. The number of para-hydroxylation sites is 1. The normalized spacial score (nSPS) is 9.73. The fourth-order valence-corrected chi connectivity index (χ4v) is 1.16. The van der Waals surface area contributed by atoms with Gasteiger partial charge < -0.3 is 15.2 Å². The molecule has 1 aromatic carbocycles. The summed E-state index contributed by atoms with van der Waals surface area (Å²) in [5.41, 5.74) is 6.47. The lowest BCUT2D eigenvalue weighted by Gasteiger charge is -2.09. The van der Waals surface area contributed by atoms with E-state index in [0.717, 1.165) is 11.3 Å². The molecule has 1 aromatic rings. The van der Waals surface area contributed by atoms with Crippen LogP contribution in [0.5, 0.6) is 5.75 Å². The lowest BCUT2D eigenvalue weighted by molar-refractivity contribution is -0.141. The predicted molar refractivity (Wildman–Crippen MR) is 56.5 cm³/mol. The quantitative estimate of drug-likeness (QED) is 0.737.